The summed E-state index contributed by atoms with van der Waals surface area (Å²) >= 11 is 2.06. The van der Waals surface area contributed by atoms with E-state index in [2.05, 4.69) is 27.3 Å². The number of nitrogen functional groups attached to an aromatic ring is 1. The average Bonchev–Trinajstić information content (AvgIpc) is 2.38. The van der Waals surface area contributed by atoms with E-state index in [9.17, 15) is 17.2 Å². The van der Waals surface area contributed by atoms with Crippen molar-refractivity contribution in [2.45, 2.75) is 4.90 Å². The van der Waals surface area contributed by atoms with Gasteiger partial charge < -0.3 is 5.73 Å². The Kier molecular flexibility index (Phi) is 4.14. The van der Waals surface area contributed by atoms with Crippen LogP contribution in [0.4, 0.5) is 20.2 Å². The predicted molar refractivity (Wildman–Crippen MR) is 80.7 cm³/mol. The Balaban J connectivity index is 2.41. The zero-order valence-electron chi connectivity index (χ0n) is 9.90. The Labute approximate surface area is 128 Å². The molecule has 20 heavy (non-hydrogen) atoms. The molecule has 3 N–H and O–H groups in total. The molecule has 0 fully saturated rings. The predicted octanol–water partition coefficient (Wildman–Crippen LogP) is 2.95. The Morgan fingerprint density at radius 1 is 1.05 bits per heavy atom. The molecule has 0 radical (unpaired) electrons. The maximum Gasteiger partial charge on any atom is 0.264 e. The Morgan fingerprint density at radius 3 is 2.25 bits per heavy atom. The van der Waals surface area contributed by atoms with E-state index in [-0.39, 0.29) is 5.69 Å². The fourth-order valence-corrected chi connectivity index (χ4v) is 2.99. The number of nitrogens with two attached hydrogens (primary N) is 1. The number of sulfonamides is 1. The molecule has 8 heteroatoms. The van der Waals surface area contributed by atoms with E-state index < -0.39 is 32.2 Å². The maximum atomic E-state index is 13.7. The highest BCUT2D eigenvalue weighted by molar-refractivity contribution is 14.1. The Bertz CT molecular complexity index is 749. The number of nitrogens with one attached hydrogen (secondary N) is 1. The van der Waals surface area contributed by atoms with E-state index >= 15 is 0 Å². The molecule has 4 nitrogen and oxygen atoms in total. The van der Waals surface area contributed by atoms with Gasteiger partial charge in [-0.05, 0) is 59.0 Å². The van der Waals surface area contributed by atoms with Crippen molar-refractivity contribution < 1.29 is 17.2 Å². The lowest BCUT2D eigenvalue weighted by Gasteiger charge is -2.10. The van der Waals surface area contributed by atoms with E-state index in [0.717, 1.165) is 15.7 Å². The van der Waals surface area contributed by atoms with E-state index in [1.54, 1.807) is 12.1 Å². The SMILES string of the molecule is Nc1c(F)ccc(S(=O)(=O)Nc2ccc(I)cc2)c1F. The molecule has 0 saturated heterocycles. The first-order chi connectivity index (χ1) is 9.31. The minimum atomic E-state index is -4.17. The second-order valence-corrected chi connectivity index (χ2v) is 6.78. The third kappa shape index (κ3) is 3.01. The van der Waals surface area contributed by atoms with Crippen molar-refractivity contribution in [3.05, 3.63) is 51.6 Å². The van der Waals surface area contributed by atoms with Crippen LogP contribution in [-0.2, 0) is 10.0 Å². The van der Waals surface area contributed by atoms with Gasteiger partial charge in [0.2, 0.25) is 0 Å². The van der Waals surface area contributed by atoms with Gasteiger partial charge in [-0.15, -0.1) is 0 Å². The van der Waals surface area contributed by atoms with Gasteiger partial charge in [-0.1, -0.05) is 0 Å². The van der Waals surface area contributed by atoms with Crippen molar-refractivity contribution in [2.75, 3.05) is 10.5 Å². The lowest BCUT2D eigenvalue weighted by molar-refractivity contribution is 0.557. The number of benzene rings is 2. The van der Waals surface area contributed by atoms with Crippen LogP contribution < -0.4 is 10.5 Å². The van der Waals surface area contributed by atoms with Crippen molar-refractivity contribution in [1.29, 1.82) is 0 Å². The minimum Gasteiger partial charge on any atom is -0.394 e. The van der Waals surface area contributed by atoms with Crippen LogP contribution in [0.15, 0.2) is 41.3 Å². The summed E-state index contributed by atoms with van der Waals surface area (Å²) in [5.41, 5.74) is 4.60. The summed E-state index contributed by atoms with van der Waals surface area (Å²) in [6, 6.07) is 8.08. The second kappa shape index (κ2) is 5.52. The molecule has 0 aliphatic heterocycles. The lowest BCUT2D eigenvalue weighted by Crippen LogP contribution is -2.16. The molecule has 2 aromatic carbocycles. The summed E-state index contributed by atoms with van der Waals surface area (Å²) in [4.78, 5) is -0.699. The first-order valence-corrected chi connectivity index (χ1v) is 7.89. The van der Waals surface area contributed by atoms with Gasteiger partial charge in [0.05, 0.1) is 0 Å². The van der Waals surface area contributed by atoms with Gasteiger partial charge in [0.15, 0.2) is 5.82 Å². The molecule has 0 spiro atoms. The largest absolute Gasteiger partial charge is 0.394 e. The second-order valence-electron chi connectivity index (χ2n) is 3.89. The van der Waals surface area contributed by atoms with E-state index in [1.807, 2.05) is 0 Å². The number of hydrogen-bond donors (Lipinski definition) is 2. The van der Waals surface area contributed by atoms with Crippen molar-refractivity contribution >= 4 is 44.0 Å². The average molecular weight is 410 g/mol. The molecule has 0 heterocycles. The summed E-state index contributed by atoms with van der Waals surface area (Å²) in [5, 5.41) is 0. The molecular formula is C12H9F2IN2O2S. The summed E-state index contributed by atoms with van der Waals surface area (Å²) < 4.78 is 54.0. The van der Waals surface area contributed by atoms with E-state index in [0.29, 0.717) is 0 Å². The van der Waals surface area contributed by atoms with Crippen LogP contribution in [0.1, 0.15) is 0 Å². The highest BCUT2D eigenvalue weighted by Gasteiger charge is 2.22. The van der Waals surface area contributed by atoms with Gasteiger partial charge in [-0.2, -0.15) is 0 Å². The fraction of sp³-hybridized carbons (Fsp3) is 0. The van der Waals surface area contributed by atoms with Crippen LogP contribution in [0.3, 0.4) is 0 Å². The van der Waals surface area contributed by atoms with Crippen LogP contribution in [0.25, 0.3) is 0 Å². The highest BCUT2D eigenvalue weighted by atomic mass is 127. The highest BCUT2D eigenvalue weighted by Crippen LogP contribution is 2.24. The molecule has 0 saturated carbocycles. The third-order valence-electron chi connectivity index (χ3n) is 2.48. The van der Waals surface area contributed by atoms with Crippen molar-refractivity contribution in [1.82, 2.24) is 0 Å². The third-order valence-corrected chi connectivity index (χ3v) is 4.60. The van der Waals surface area contributed by atoms with Gasteiger partial charge in [0.1, 0.15) is 16.4 Å². The minimum absolute atomic E-state index is 0.271. The van der Waals surface area contributed by atoms with Crippen molar-refractivity contribution in [2.24, 2.45) is 0 Å². The summed E-state index contributed by atoms with van der Waals surface area (Å²) in [7, 11) is -4.17. The van der Waals surface area contributed by atoms with Crippen LogP contribution in [-0.4, -0.2) is 8.42 Å². The number of halogens is 3. The monoisotopic (exact) mass is 410 g/mol. The van der Waals surface area contributed by atoms with Crippen LogP contribution in [0.2, 0.25) is 0 Å². The molecule has 106 valence electrons. The van der Waals surface area contributed by atoms with Crippen LogP contribution in [0.5, 0.6) is 0 Å². The maximum absolute atomic E-state index is 13.7. The number of anilines is 2. The molecule has 0 amide bonds. The molecule has 0 unspecified atom stereocenters. The zero-order valence-corrected chi connectivity index (χ0v) is 12.9. The summed E-state index contributed by atoms with van der Waals surface area (Å²) in [6.07, 6.45) is 0. The topological polar surface area (TPSA) is 72.2 Å². The van der Waals surface area contributed by atoms with Gasteiger partial charge in [-0.25, -0.2) is 17.2 Å². The lowest BCUT2D eigenvalue weighted by atomic mass is 10.3. The van der Waals surface area contributed by atoms with Crippen molar-refractivity contribution in [3.8, 4) is 0 Å². The number of rotatable bonds is 3. The van der Waals surface area contributed by atoms with E-state index in [1.165, 1.54) is 12.1 Å². The molecule has 0 aromatic heterocycles. The zero-order chi connectivity index (χ0) is 14.9. The molecule has 0 aliphatic carbocycles. The smallest absolute Gasteiger partial charge is 0.264 e. The van der Waals surface area contributed by atoms with Gasteiger partial charge in [0, 0.05) is 9.26 Å². The number of hydrogen-bond acceptors (Lipinski definition) is 3. The molecule has 0 atom stereocenters. The van der Waals surface area contributed by atoms with Crippen molar-refractivity contribution in [3.63, 3.8) is 0 Å². The standard InChI is InChI=1S/C12H9F2IN2O2S/c13-9-5-6-10(11(14)12(9)16)20(18,19)17-8-3-1-7(15)2-4-8/h1-6,17H,16H2. The molecule has 2 rings (SSSR count). The van der Waals surface area contributed by atoms with Gasteiger partial charge in [0.25, 0.3) is 10.0 Å². The normalized spacial score (nSPS) is 11.3. The van der Waals surface area contributed by atoms with Crippen LogP contribution in [0, 0.1) is 15.2 Å². The molecule has 0 aliphatic rings. The molecule has 0 bridgehead atoms. The molecule has 2 aromatic rings. The van der Waals surface area contributed by atoms with Crippen LogP contribution >= 0.6 is 22.6 Å². The van der Waals surface area contributed by atoms with Gasteiger partial charge >= 0.3 is 0 Å². The fourth-order valence-electron chi connectivity index (χ4n) is 1.48. The first-order valence-electron chi connectivity index (χ1n) is 5.33. The van der Waals surface area contributed by atoms with Gasteiger partial charge in [-0.3, -0.25) is 4.72 Å². The summed E-state index contributed by atoms with van der Waals surface area (Å²) in [5.74, 6) is -2.31. The quantitative estimate of drug-likeness (QED) is 0.604. The van der Waals surface area contributed by atoms with E-state index in [4.69, 9.17) is 5.73 Å². The summed E-state index contributed by atoms with van der Waals surface area (Å²) in [6.45, 7) is 0. The first kappa shape index (κ1) is 15.0. The Hall–Kier alpha value is -1.42. The Morgan fingerprint density at radius 2 is 1.65 bits per heavy atom. The molecular weight excluding hydrogens is 401 g/mol.